The number of benzene rings is 1. The van der Waals surface area contributed by atoms with Gasteiger partial charge in [-0.2, -0.15) is 0 Å². The van der Waals surface area contributed by atoms with Crippen molar-refractivity contribution in [3.8, 4) is 0 Å². The van der Waals surface area contributed by atoms with Crippen molar-refractivity contribution in [2.24, 2.45) is 0 Å². The molecule has 1 N–H and O–H groups in total. The van der Waals surface area contributed by atoms with Gasteiger partial charge in [0, 0.05) is 25.2 Å². The summed E-state index contributed by atoms with van der Waals surface area (Å²) in [4.78, 5) is 2.60. The first-order chi connectivity index (χ1) is 10.4. The maximum absolute atomic E-state index is 5.97. The third kappa shape index (κ3) is 3.15. The lowest BCUT2D eigenvalue weighted by atomic mass is 9.93. The van der Waals surface area contributed by atoms with Gasteiger partial charge in [-0.25, -0.2) is 0 Å². The zero-order chi connectivity index (χ0) is 14.1. The maximum atomic E-state index is 5.97. The molecule has 3 aliphatic heterocycles. The second-order valence-corrected chi connectivity index (χ2v) is 6.94. The van der Waals surface area contributed by atoms with E-state index >= 15 is 0 Å². The van der Waals surface area contributed by atoms with Gasteiger partial charge in [0.1, 0.15) is 0 Å². The van der Waals surface area contributed by atoms with Crippen LogP contribution in [0.4, 0.5) is 0 Å². The van der Waals surface area contributed by atoms with Crippen LogP contribution in [0, 0.1) is 0 Å². The van der Waals surface area contributed by atoms with Crippen molar-refractivity contribution in [1.82, 2.24) is 10.2 Å². The Morgan fingerprint density at radius 1 is 1.14 bits per heavy atom. The van der Waals surface area contributed by atoms with E-state index in [1.807, 2.05) is 0 Å². The monoisotopic (exact) mass is 286 g/mol. The fourth-order valence-electron chi connectivity index (χ4n) is 4.29. The second kappa shape index (κ2) is 6.07. The zero-order valence-corrected chi connectivity index (χ0v) is 12.7. The van der Waals surface area contributed by atoms with Crippen molar-refractivity contribution in [3.05, 3.63) is 35.9 Å². The van der Waals surface area contributed by atoms with Crippen molar-refractivity contribution >= 4 is 0 Å². The van der Waals surface area contributed by atoms with Crippen LogP contribution >= 0.6 is 0 Å². The molecule has 3 fully saturated rings. The van der Waals surface area contributed by atoms with E-state index in [9.17, 15) is 0 Å². The number of likely N-dealkylation sites (tertiary alicyclic amines) is 1. The summed E-state index contributed by atoms with van der Waals surface area (Å²) in [6.07, 6.45) is 7.47. The molecule has 4 rings (SSSR count). The standard InChI is InChI=1S/C18H26N2O/c1-2-5-14(6-3-1)12-20-10-4-7-15(13-20)19-17-11-16-8-9-18(17)21-16/h1-3,5-6,15-19H,4,7-13H2. The van der Waals surface area contributed by atoms with Crippen molar-refractivity contribution < 1.29 is 4.74 Å². The predicted octanol–water partition coefficient (Wildman–Crippen LogP) is 2.56. The van der Waals surface area contributed by atoms with Crippen molar-refractivity contribution in [2.75, 3.05) is 13.1 Å². The summed E-state index contributed by atoms with van der Waals surface area (Å²) >= 11 is 0. The molecule has 0 aliphatic carbocycles. The quantitative estimate of drug-likeness (QED) is 0.920. The minimum Gasteiger partial charge on any atom is -0.373 e. The fourth-order valence-corrected chi connectivity index (χ4v) is 4.29. The maximum Gasteiger partial charge on any atom is 0.0733 e. The number of nitrogens with zero attached hydrogens (tertiary/aromatic N) is 1. The molecule has 3 heterocycles. The van der Waals surface area contributed by atoms with Gasteiger partial charge in [-0.05, 0) is 44.2 Å². The van der Waals surface area contributed by atoms with Gasteiger partial charge in [0.05, 0.1) is 12.2 Å². The first-order valence-corrected chi connectivity index (χ1v) is 8.54. The highest BCUT2D eigenvalue weighted by molar-refractivity contribution is 5.14. The third-order valence-electron chi connectivity index (χ3n) is 5.31. The molecule has 2 bridgehead atoms. The lowest BCUT2D eigenvalue weighted by Gasteiger charge is -2.36. The largest absolute Gasteiger partial charge is 0.373 e. The average molecular weight is 286 g/mol. The van der Waals surface area contributed by atoms with Gasteiger partial charge in [-0.3, -0.25) is 4.90 Å². The van der Waals surface area contributed by atoms with Crippen LogP contribution in [0.2, 0.25) is 0 Å². The molecule has 4 unspecified atom stereocenters. The minimum atomic E-state index is 0.500. The highest BCUT2D eigenvalue weighted by Crippen LogP contribution is 2.34. The second-order valence-electron chi connectivity index (χ2n) is 6.94. The van der Waals surface area contributed by atoms with E-state index in [1.54, 1.807) is 0 Å². The van der Waals surface area contributed by atoms with Gasteiger partial charge < -0.3 is 10.1 Å². The lowest BCUT2D eigenvalue weighted by molar-refractivity contribution is 0.0922. The number of nitrogens with one attached hydrogen (secondary N) is 1. The highest BCUT2D eigenvalue weighted by Gasteiger charge is 2.41. The van der Waals surface area contributed by atoms with Gasteiger partial charge in [-0.15, -0.1) is 0 Å². The molecule has 0 saturated carbocycles. The highest BCUT2D eigenvalue weighted by atomic mass is 16.5. The summed E-state index contributed by atoms with van der Waals surface area (Å²) in [6, 6.07) is 12.1. The van der Waals surface area contributed by atoms with E-state index < -0.39 is 0 Å². The van der Waals surface area contributed by atoms with Crippen LogP contribution in [-0.4, -0.2) is 42.3 Å². The van der Waals surface area contributed by atoms with E-state index in [0.717, 1.165) is 6.54 Å². The van der Waals surface area contributed by atoms with Crippen molar-refractivity contribution in [3.63, 3.8) is 0 Å². The molecule has 1 aromatic carbocycles. The first-order valence-electron chi connectivity index (χ1n) is 8.54. The van der Waals surface area contributed by atoms with Gasteiger partial charge in [0.15, 0.2) is 0 Å². The molecule has 3 saturated heterocycles. The smallest absolute Gasteiger partial charge is 0.0733 e. The number of ether oxygens (including phenoxy) is 1. The molecule has 3 nitrogen and oxygen atoms in total. The Balaban J connectivity index is 1.31. The Morgan fingerprint density at radius 3 is 2.81 bits per heavy atom. The summed E-state index contributed by atoms with van der Waals surface area (Å²) in [7, 11) is 0. The molecule has 21 heavy (non-hydrogen) atoms. The summed E-state index contributed by atoms with van der Waals surface area (Å²) in [5, 5.41) is 3.90. The van der Waals surface area contributed by atoms with Crippen molar-refractivity contribution in [2.45, 2.75) is 62.9 Å². The Hall–Kier alpha value is -0.900. The summed E-state index contributed by atoms with van der Waals surface area (Å²) < 4.78 is 5.97. The Labute approximate surface area is 127 Å². The van der Waals surface area contributed by atoms with Crippen LogP contribution in [0.25, 0.3) is 0 Å². The number of rotatable bonds is 4. The van der Waals surface area contributed by atoms with Gasteiger partial charge in [0.2, 0.25) is 0 Å². The Morgan fingerprint density at radius 2 is 2.05 bits per heavy atom. The number of fused-ring (bicyclic) bond motifs is 2. The molecule has 4 atom stereocenters. The van der Waals surface area contributed by atoms with E-state index in [2.05, 4.69) is 40.5 Å². The van der Waals surface area contributed by atoms with Gasteiger partial charge in [-0.1, -0.05) is 30.3 Å². The van der Waals surface area contributed by atoms with E-state index in [1.165, 1.54) is 50.8 Å². The minimum absolute atomic E-state index is 0.500. The molecule has 114 valence electrons. The molecule has 0 amide bonds. The Kier molecular flexibility index (Phi) is 3.97. The topological polar surface area (TPSA) is 24.5 Å². The van der Waals surface area contributed by atoms with Crippen LogP contribution in [0.1, 0.15) is 37.7 Å². The average Bonchev–Trinajstić information content (AvgIpc) is 3.11. The van der Waals surface area contributed by atoms with E-state index in [-0.39, 0.29) is 0 Å². The van der Waals surface area contributed by atoms with Crippen LogP contribution in [0.3, 0.4) is 0 Å². The molecule has 3 aliphatic rings. The number of hydrogen-bond donors (Lipinski definition) is 1. The van der Waals surface area contributed by atoms with Crippen LogP contribution in [-0.2, 0) is 11.3 Å². The lowest BCUT2D eigenvalue weighted by Crippen LogP contribution is -2.51. The summed E-state index contributed by atoms with van der Waals surface area (Å²) in [5.74, 6) is 0. The number of piperidine rings is 1. The summed E-state index contributed by atoms with van der Waals surface area (Å²) in [5.41, 5.74) is 1.43. The molecule has 0 radical (unpaired) electrons. The molecular formula is C18H26N2O. The van der Waals surface area contributed by atoms with E-state index in [0.29, 0.717) is 24.3 Å². The fraction of sp³-hybridized carbons (Fsp3) is 0.667. The molecule has 3 heteroatoms. The van der Waals surface area contributed by atoms with Crippen molar-refractivity contribution in [1.29, 1.82) is 0 Å². The van der Waals surface area contributed by atoms with E-state index in [4.69, 9.17) is 4.74 Å². The number of hydrogen-bond acceptors (Lipinski definition) is 3. The molecule has 0 aromatic heterocycles. The Bertz CT molecular complexity index is 464. The molecular weight excluding hydrogens is 260 g/mol. The predicted molar refractivity (Wildman–Crippen MR) is 84.2 cm³/mol. The molecule has 1 aromatic rings. The van der Waals surface area contributed by atoms with Crippen LogP contribution in [0.5, 0.6) is 0 Å². The third-order valence-corrected chi connectivity index (χ3v) is 5.31. The SMILES string of the molecule is c1ccc(CN2CCCC(NC3CC4CCC3O4)C2)cc1. The van der Waals surface area contributed by atoms with Gasteiger partial charge in [0.25, 0.3) is 0 Å². The van der Waals surface area contributed by atoms with Crippen LogP contribution < -0.4 is 5.32 Å². The van der Waals surface area contributed by atoms with Crippen LogP contribution in [0.15, 0.2) is 30.3 Å². The first kappa shape index (κ1) is 13.7. The van der Waals surface area contributed by atoms with Gasteiger partial charge >= 0.3 is 0 Å². The zero-order valence-electron chi connectivity index (χ0n) is 12.7. The molecule has 0 spiro atoms. The normalized spacial score (nSPS) is 36.2. The summed E-state index contributed by atoms with van der Waals surface area (Å²) in [6.45, 7) is 3.51.